The Morgan fingerprint density at radius 2 is 2.30 bits per heavy atom. The van der Waals surface area contributed by atoms with E-state index in [0.717, 1.165) is 7.11 Å². The second kappa shape index (κ2) is 4.19. The Morgan fingerprint density at radius 3 is 2.60 bits per heavy atom. The van der Waals surface area contributed by atoms with Crippen molar-refractivity contribution < 1.29 is 24.1 Å². The molecule has 0 radical (unpaired) electrons. The Balaban J connectivity index is 3.81. The molecule has 0 heterocycles. The van der Waals surface area contributed by atoms with Crippen LogP contribution in [0.5, 0.6) is 0 Å². The van der Waals surface area contributed by atoms with Crippen molar-refractivity contribution in [3.05, 3.63) is 0 Å². The minimum absolute atomic E-state index is 0.893. The largest absolute Gasteiger partial charge is 0.467 e. The van der Waals surface area contributed by atoms with Gasteiger partial charge in [-0.15, -0.1) is 0 Å². The number of esters is 1. The highest BCUT2D eigenvalue weighted by atomic mass is 19.1. The Hall–Kier alpha value is -0.680. The molecule has 0 aliphatic rings. The van der Waals surface area contributed by atoms with Gasteiger partial charge in [0.25, 0.3) is 0 Å². The van der Waals surface area contributed by atoms with Crippen molar-refractivity contribution in [2.45, 2.75) is 12.3 Å². The summed E-state index contributed by atoms with van der Waals surface area (Å²) in [5.41, 5.74) is 0. The fraction of sp³-hybridized carbons (Fsp3) is 0.800. The van der Waals surface area contributed by atoms with Gasteiger partial charge in [0, 0.05) is 0 Å². The predicted molar refractivity (Wildman–Crippen MR) is 30.0 cm³/mol. The molecule has 2 N–H and O–H groups in total. The standard InChI is InChI=1S/C5H9FO4/c1-10-5(9)4(8)3(6)2-7/h3-4,7-8H,2H2,1H3. The fourth-order valence-electron chi connectivity index (χ4n) is 0.368. The van der Waals surface area contributed by atoms with E-state index in [1.165, 1.54) is 0 Å². The zero-order valence-electron chi connectivity index (χ0n) is 5.45. The molecule has 0 saturated heterocycles. The van der Waals surface area contributed by atoms with Gasteiger partial charge in [-0.25, -0.2) is 9.18 Å². The molecular formula is C5H9FO4. The smallest absolute Gasteiger partial charge is 0.337 e. The van der Waals surface area contributed by atoms with Crippen LogP contribution in [0.3, 0.4) is 0 Å². The quantitative estimate of drug-likeness (QED) is 0.501. The predicted octanol–water partition coefficient (Wildman–Crippen LogP) is -1.15. The zero-order chi connectivity index (χ0) is 8.15. The second-order valence-electron chi connectivity index (χ2n) is 1.67. The number of rotatable bonds is 3. The van der Waals surface area contributed by atoms with Crippen LogP contribution in [0.15, 0.2) is 0 Å². The molecule has 0 aromatic rings. The minimum Gasteiger partial charge on any atom is -0.467 e. The van der Waals surface area contributed by atoms with Crippen molar-refractivity contribution in [3.63, 3.8) is 0 Å². The first-order valence-electron chi connectivity index (χ1n) is 2.64. The first-order chi connectivity index (χ1) is 4.63. The first kappa shape index (κ1) is 9.32. The summed E-state index contributed by atoms with van der Waals surface area (Å²) >= 11 is 0. The Kier molecular flexibility index (Phi) is 3.90. The maximum absolute atomic E-state index is 12.2. The molecule has 2 atom stereocenters. The Morgan fingerprint density at radius 1 is 1.80 bits per heavy atom. The van der Waals surface area contributed by atoms with Gasteiger partial charge in [-0.05, 0) is 0 Å². The van der Waals surface area contributed by atoms with E-state index in [1.54, 1.807) is 0 Å². The van der Waals surface area contributed by atoms with Crippen LogP contribution in [0.4, 0.5) is 4.39 Å². The molecule has 0 spiro atoms. The summed E-state index contributed by atoms with van der Waals surface area (Å²) in [5.74, 6) is -1.08. The zero-order valence-corrected chi connectivity index (χ0v) is 5.45. The van der Waals surface area contributed by atoms with Crippen LogP contribution in [-0.2, 0) is 9.53 Å². The maximum Gasteiger partial charge on any atom is 0.337 e. The highest BCUT2D eigenvalue weighted by Gasteiger charge is 2.25. The third kappa shape index (κ3) is 2.28. The van der Waals surface area contributed by atoms with Gasteiger partial charge in [0.05, 0.1) is 13.7 Å². The van der Waals surface area contributed by atoms with Crippen LogP contribution in [0.1, 0.15) is 0 Å². The highest BCUT2D eigenvalue weighted by Crippen LogP contribution is 1.99. The van der Waals surface area contributed by atoms with Gasteiger partial charge in [-0.1, -0.05) is 0 Å². The van der Waals surface area contributed by atoms with Crippen molar-refractivity contribution in [1.29, 1.82) is 0 Å². The van der Waals surface area contributed by atoms with Crippen LogP contribution in [0.25, 0.3) is 0 Å². The molecule has 2 unspecified atom stereocenters. The molecule has 0 fully saturated rings. The molecule has 5 heteroatoms. The molecule has 0 aromatic carbocycles. The minimum atomic E-state index is -1.97. The van der Waals surface area contributed by atoms with E-state index in [0.29, 0.717) is 0 Å². The third-order valence-electron chi connectivity index (χ3n) is 0.960. The summed E-state index contributed by atoms with van der Waals surface area (Å²) < 4.78 is 16.2. The van der Waals surface area contributed by atoms with Gasteiger partial charge in [0.2, 0.25) is 0 Å². The summed E-state index contributed by atoms with van der Waals surface area (Å²) in [5, 5.41) is 16.7. The van der Waals surface area contributed by atoms with Crippen LogP contribution >= 0.6 is 0 Å². The van der Waals surface area contributed by atoms with E-state index in [9.17, 15) is 9.18 Å². The number of aliphatic hydroxyl groups is 2. The number of carbonyl (C=O) groups excluding carboxylic acids is 1. The monoisotopic (exact) mass is 152 g/mol. The lowest BCUT2D eigenvalue weighted by Crippen LogP contribution is -2.34. The van der Waals surface area contributed by atoms with Gasteiger partial charge < -0.3 is 14.9 Å². The molecule has 0 aromatic heterocycles. The van der Waals surface area contributed by atoms with Gasteiger partial charge in [0.15, 0.2) is 12.3 Å². The third-order valence-corrected chi connectivity index (χ3v) is 0.960. The van der Waals surface area contributed by atoms with Gasteiger partial charge in [-0.2, -0.15) is 0 Å². The number of aliphatic hydroxyl groups excluding tert-OH is 2. The Labute approximate surface area is 57.2 Å². The average Bonchev–Trinajstić information content (AvgIpc) is 2.00. The molecule has 0 aliphatic heterocycles. The molecule has 0 bridgehead atoms. The summed E-state index contributed by atoms with van der Waals surface area (Å²) in [6.07, 6.45) is -3.84. The molecule has 0 aliphatic carbocycles. The maximum atomic E-state index is 12.2. The van der Waals surface area contributed by atoms with Crippen LogP contribution in [-0.4, -0.2) is 42.2 Å². The number of halogens is 1. The van der Waals surface area contributed by atoms with Crippen molar-refractivity contribution in [1.82, 2.24) is 0 Å². The summed E-state index contributed by atoms with van der Waals surface area (Å²) in [7, 11) is 1.02. The van der Waals surface area contributed by atoms with Gasteiger partial charge >= 0.3 is 5.97 Å². The molecule has 60 valence electrons. The fourth-order valence-corrected chi connectivity index (χ4v) is 0.368. The van der Waals surface area contributed by atoms with E-state index in [4.69, 9.17) is 10.2 Å². The second-order valence-corrected chi connectivity index (χ2v) is 1.67. The first-order valence-corrected chi connectivity index (χ1v) is 2.64. The summed E-state index contributed by atoms with van der Waals surface area (Å²) in [4.78, 5) is 10.3. The van der Waals surface area contributed by atoms with Gasteiger partial charge in [-0.3, -0.25) is 0 Å². The number of ether oxygens (including phenoxy) is 1. The SMILES string of the molecule is COC(=O)C(O)C(F)CO. The topological polar surface area (TPSA) is 66.8 Å². The van der Waals surface area contributed by atoms with E-state index >= 15 is 0 Å². The molecular weight excluding hydrogens is 143 g/mol. The number of alkyl halides is 1. The molecule has 4 nitrogen and oxygen atoms in total. The van der Waals surface area contributed by atoms with Crippen molar-refractivity contribution >= 4 is 5.97 Å². The number of hydrogen-bond donors (Lipinski definition) is 2. The highest BCUT2D eigenvalue weighted by molar-refractivity contribution is 5.74. The normalized spacial score (nSPS) is 16.0. The number of methoxy groups -OCH3 is 1. The van der Waals surface area contributed by atoms with Crippen LogP contribution < -0.4 is 0 Å². The lowest BCUT2D eigenvalue weighted by atomic mass is 10.2. The molecule has 0 amide bonds. The number of carbonyl (C=O) groups is 1. The van der Waals surface area contributed by atoms with Crippen molar-refractivity contribution in [2.24, 2.45) is 0 Å². The summed E-state index contributed by atoms with van der Waals surface area (Å²) in [6.45, 7) is -0.893. The van der Waals surface area contributed by atoms with Crippen molar-refractivity contribution in [3.8, 4) is 0 Å². The molecule has 0 rings (SSSR count). The van der Waals surface area contributed by atoms with Gasteiger partial charge in [0.1, 0.15) is 0 Å². The number of hydrogen-bond acceptors (Lipinski definition) is 4. The Bertz CT molecular complexity index is 116. The van der Waals surface area contributed by atoms with E-state index in [1.807, 2.05) is 0 Å². The van der Waals surface area contributed by atoms with Crippen molar-refractivity contribution in [2.75, 3.05) is 13.7 Å². The van der Waals surface area contributed by atoms with E-state index in [-0.39, 0.29) is 0 Å². The lowest BCUT2D eigenvalue weighted by molar-refractivity contribution is -0.154. The van der Waals surface area contributed by atoms with Crippen LogP contribution in [0.2, 0.25) is 0 Å². The summed E-state index contributed by atoms with van der Waals surface area (Å²) in [6, 6.07) is 0. The average molecular weight is 152 g/mol. The van der Waals surface area contributed by atoms with Crippen LogP contribution in [0, 0.1) is 0 Å². The molecule has 10 heavy (non-hydrogen) atoms. The molecule has 0 saturated carbocycles. The lowest BCUT2D eigenvalue weighted by Gasteiger charge is -2.09. The van der Waals surface area contributed by atoms with E-state index < -0.39 is 24.9 Å². The van der Waals surface area contributed by atoms with E-state index in [2.05, 4.69) is 4.74 Å².